The zero-order valence-corrected chi connectivity index (χ0v) is 65.1. The third kappa shape index (κ3) is 18.9. The lowest BCUT2D eigenvalue weighted by Gasteiger charge is -2.41. The first-order chi connectivity index (χ1) is 51.1. The van der Waals surface area contributed by atoms with Gasteiger partial charge in [0.05, 0.1) is 28.4 Å². The van der Waals surface area contributed by atoms with Crippen LogP contribution >= 0.6 is 0 Å². The van der Waals surface area contributed by atoms with Crippen LogP contribution in [0.25, 0.3) is 44.5 Å². The van der Waals surface area contributed by atoms with Crippen LogP contribution in [0, 0.1) is 6.92 Å². The highest BCUT2D eigenvalue weighted by Gasteiger charge is 2.60. The van der Waals surface area contributed by atoms with Crippen molar-refractivity contribution in [2.75, 3.05) is 23.0 Å². The van der Waals surface area contributed by atoms with Gasteiger partial charge in [0.15, 0.2) is 0 Å². The Bertz CT molecular complexity index is 4810. The quantitative estimate of drug-likeness (QED) is 0.0162. The van der Waals surface area contributed by atoms with Gasteiger partial charge in [-0.1, -0.05) is 261 Å². The van der Waals surface area contributed by atoms with E-state index >= 15 is 26.3 Å². The highest BCUT2D eigenvalue weighted by Crippen LogP contribution is 2.62. The van der Waals surface area contributed by atoms with E-state index in [1.54, 1.807) is 91.0 Å². The van der Waals surface area contributed by atoms with Crippen LogP contribution in [0.15, 0.2) is 146 Å². The van der Waals surface area contributed by atoms with E-state index < -0.39 is 122 Å². The molecule has 0 saturated heterocycles. The van der Waals surface area contributed by atoms with Gasteiger partial charge in [-0.2, -0.15) is 73.2 Å². The first-order valence-corrected chi connectivity index (χ1v) is 44.5. The summed E-state index contributed by atoms with van der Waals surface area (Å²) in [5.41, 5.74) is -1.39. The molecule has 4 unspecified atom stereocenters. The molecule has 0 aliphatic heterocycles. The molecule has 25 heteroatoms. The molecule has 7 aromatic rings. The summed E-state index contributed by atoms with van der Waals surface area (Å²) in [6.07, 6.45) is -8.38. The van der Waals surface area contributed by atoms with Crippen molar-refractivity contribution in [2.45, 2.75) is 240 Å². The summed E-state index contributed by atoms with van der Waals surface area (Å²) >= 11 is 0. The van der Waals surface area contributed by atoms with E-state index in [0.29, 0.717) is 76.6 Å². The van der Waals surface area contributed by atoms with Crippen molar-refractivity contribution >= 4 is 40.5 Å². The SMILES string of the molecule is CCCCCCC1(CCCCCCS(=O)(=O)O)c2cc(C(CCCCCS(=O)(=O)O)(c3ccc(-c4ccc(-c5ccc(C(C)(CCCCCS(=O)(=O)O)C(F)(F)F)cc5)cc4)cc3)C(F)(F)F)ccc2-c2ccc(C(CCCCCS(=O)(=O)O)(c3ccc4c(c3)C3(CCCCC3)c3cc(C)ccc3-4)C(F)(F)F)cc21. The molecule has 594 valence electrons. The van der Waals surface area contributed by atoms with Crippen molar-refractivity contribution < 1.29 is 91.4 Å². The van der Waals surface area contributed by atoms with E-state index in [4.69, 9.17) is 4.55 Å². The Hall–Kier alpha value is -6.45. The Morgan fingerprint density at radius 3 is 1.04 bits per heavy atom. The molecule has 10 rings (SSSR count). The fourth-order valence-electron chi connectivity index (χ4n) is 18.0. The highest BCUT2D eigenvalue weighted by molar-refractivity contribution is 7.86. The second-order valence-corrected chi connectivity index (χ2v) is 37.3. The molecule has 0 amide bonds. The smallest absolute Gasteiger partial charge is 0.286 e. The Kier molecular flexibility index (Phi) is 26.3. The molecular formula is C84H99F9O12S4. The number of hydrogen-bond donors (Lipinski definition) is 4. The van der Waals surface area contributed by atoms with Crippen LogP contribution in [0.4, 0.5) is 39.5 Å². The molecule has 0 radical (unpaired) electrons. The van der Waals surface area contributed by atoms with Crippen LogP contribution in [0.2, 0.25) is 0 Å². The van der Waals surface area contributed by atoms with Crippen LogP contribution in [0.5, 0.6) is 0 Å². The second-order valence-electron chi connectivity index (χ2n) is 31.0. The van der Waals surface area contributed by atoms with E-state index in [9.17, 15) is 60.5 Å². The maximum atomic E-state index is 17.7. The molecule has 109 heavy (non-hydrogen) atoms. The number of hydrogen-bond acceptors (Lipinski definition) is 8. The average molecular weight is 1600 g/mol. The minimum Gasteiger partial charge on any atom is -0.286 e. The largest absolute Gasteiger partial charge is 0.402 e. The third-order valence-electron chi connectivity index (χ3n) is 23.8. The van der Waals surface area contributed by atoms with Crippen molar-refractivity contribution in [3.8, 4) is 44.5 Å². The van der Waals surface area contributed by atoms with E-state index in [2.05, 4.69) is 6.07 Å². The molecule has 0 bridgehead atoms. The number of benzene rings is 7. The zero-order chi connectivity index (χ0) is 79.3. The Morgan fingerprint density at radius 1 is 0.339 bits per heavy atom. The van der Waals surface area contributed by atoms with Gasteiger partial charge < -0.3 is 0 Å². The molecule has 12 nitrogen and oxygen atoms in total. The summed E-state index contributed by atoms with van der Waals surface area (Å²) in [7, 11) is -17.6. The first kappa shape index (κ1) is 85.0. The number of fused-ring (bicyclic) bond motifs is 8. The zero-order valence-electron chi connectivity index (χ0n) is 61.9. The molecule has 3 aliphatic carbocycles. The third-order valence-corrected chi connectivity index (χ3v) is 27.0. The summed E-state index contributed by atoms with van der Waals surface area (Å²) in [4.78, 5) is 0. The molecule has 1 spiro atoms. The maximum absolute atomic E-state index is 17.7. The number of rotatable bonds is 37. The van der Waals surface area contributed by atoms with E-state index in [1.807, 2.05) is 26.0 Å². The fraction of sp³-hybridized carbons (Fsp3) is 0.500. The van der Waals surface area contributed by atoms with Gasteiger partial charge in [0, 0.05) is 10.8 Å². The van der Waals surface area contributed by atoms with Crippen molar-refractivity contribution in [3.63, 3.8) is 0 Å². The molecule has 4 atom stereocenters. The predicted octanol–water partition coefficient (Wildman–Crippen LogP) is 22.5. The number of aryl methyl sites for hydroxylation is 1. The van der Waals surface area contributed by atoms with Gasteiger partial charge in [0.25, 0.3) is 40.5 Å². The topological polar surface area (TPSA) is 217 Å². The van der Waals surface area contributed by atoms with Crippen molar-refractivity contribution in [2.24, 2.45) is 0 Å². The van der Waals surface area contributed by atoms with Gasteiger partial charge in [-0.3, -0.25) is 18.2 Å². The van der Waals surface area contributed by atoms with Crippen LogP contribution < -0.4 is 0 Å². The monoisotopic (exact) mass is 1600 g/mol. The van der Waals surface area contributed by atoms with Gasteiger partial charge in [0.2, 0.25) is 0 Å². The average Bonchev–Trinajstić information content (AvgIpc) is 1.53. The Morgan fingerprint density at radius 2 is 0.651 bits per heavy atom. The summed E-state index contributed by atoms with van der Waals surface area (Å²) in [5.74, 6) is -2.45. The summed E-state index contributed by atoms with van der Waals surface area (Å²) in [6.45, 7) is 5.08. The molecule has 3 aliphatic rings. The Balaban J connectivity index is 1.10. The van der Waals surface area contributed by atoms with Crippen LogP contribution in [-0.2, 0) is 67.5 Å². The fourth-order valence-corrected chi connectivity index (χ4v) is 20.2. The van der Waals surface area contributed by atoms with Gasteiger partial charge in [-0.25, -0.2) is 0 Å². The Labute approximate surface area is 636 Å². The number of halogens is 9. The minimum atomic E-state index is -5.10. The first-order valence-electron chi connectivity index (χ1n) is 38.0. The van der Waals surface area contributed by atoms with E-state index in [0.717, 1.165) is 79.7 Å². The number of unbranched alkanes of at least 4 members (excludes halogenated alkanes) is 12. The van der Waals surface area contributed by atoms with E-state index in [1.165, 1.54) is 36.4 Å². The number of alkyl halides is 9. The summed E-state index contributed by atoms with van der Waals surface area (Å²) in [6, 6.07) is 39.1. The molecule has 0 aromatic heterocycles. The van der Waals surface area contributed by atoms with Gasteiger partial charge >= 0.3 is 18.5 Å². The second kappa shape index (κ2) is 33.7. The lowest BCUT2D eigenvalue weighted by molar-refractivity contribution is -0.188. The molecule has 1 fully saturated rings. The minimum absolute atomic E-state index is 0.00238. The van der Waals surface area contributed by atoms with Crippen LogP contribution in [0.3, 0.4) is 0 Å². The molecule has 0 heterocycles. The van der Waals surface area contributed by atoms with Gasteiger partial charge in [-0.15, -0.1) is 0 Å². The molecule has 7 aromatic carbocycles. The summed E-state index contributed by atoms with van der Waals surface area (Å²) < 4.78 is 282. The van der Waals surface area contributed by atoms with Crippen LogP contribution in [0.1, 0.15) is 243 Å². The molecule has 1 saturated carbocycles. The normalized spacial score (nSPS) is 17.7. The van der Waals surface area contributed by atoms with Gasteiger partial charge in [-0.05, 0) is 179 Å². The maximum Gasteiger partial charge on any atom is 0.402 e. The van der Waals surface area contributed by atoms with Crippen LogP contribution in [-0.4, -0.2) is 93.4 Å². The summed E-state index contributed by atoms with van der Waals surface area (Å²) in [5, 5.41) is 0. The lowest BCUT2D eigenvalue weighted by Crippen LogP contribution is -2.44. The standard InChI is InChI=1S/C84H99F9O12S4/c1-4-5-6-14-45-79(46-15-7-8-20-51-106(94,95)96)75-56-66(37-41-71(75)72-43-39-68(58-76(72)79)81(84(91,92)93,50-19-12-23-54-109(103,104)105)67-38-42-70-69-40-24-59(2)55-73(69)78(74(70)57-67)47-16-9-17-48-78)80(83(88,89)90,49-18-11-22-53-108(100,101)102)65-35-31-63(32-36-65)61-27-25-60(26-28-61)62-29-33-64(34-30-62)77(3,82(85,86)87)44-13-10-21-52-107(97,98)99/h24-43,55-58H,4-23,44-54H2,1-3H3,(H,94,95,96)(H,97,98,99)(H,100,101,102)(H,103,104,105). The van der Waals surface area contributed by atoms with Crippen molar-refractivity contribution in [1.29, 1.82) is 0 Å². The lowest BCUT2D eigenvalue weighted by atomic mass is 9.64. The predicted molar refractivity (Wildman–Crippen MR) is 410 cm³/mol. The van der Waals surface area contributed by atoms with Crippen molar-refractivity contribution in [3.05, 3.63) is 201 Å². The van der Waals surface area contributed by atoms with Gasteiger partial charge in [0.1, 0.15) is 10.8 Å². The highest BCUT2D eigenvalue weighted by atomic mass is 32.2. The molecule has 4 N–H and O–H groups in total. The van der Waals surface area contributed by atoms with Crippen molar-refractivity contribution in [1.82, 2.24) is 0 Å². The molecular weight excluding hydrogens is 1500 g/mol. The van der Waals surface area contributed by atoms with E-state index in [-0.39, 0.29) is 111 Å².